The second-order valence-electron chi connectivity index (χ2n) is 4.33. The topological polar surface area (TPSA) is 35.5 Å². The maximum atomic E-state index is 12.1. The van der Waals surface area contributed by atoms with Crippen LogP contribution >= 0.6 is 11.6 Å². The van der Waals surface area contributed by atoms with Crippen LogP contribution in [-0.4, -0.2) is 19.7 Å². The number of rotatable bonds is 3. The highest BCUT2D eigenvalue weighted by molar-refractivity contribution is 6.32. The normalized spacial score (nSPS) is 13.9. The van der Waals surface area contributed by atoms with Crippen molar-refractivity contribution in [2.75, 3.05) is 13.7 Å². The second kappa shape index (κ2) is 5.61. The Balaban J connectivity index is 2.58. The molecule has 0 heterocycles. The van der Waals surface area contributed by atoms with Crippen molar-refractivity contribution in [3.8, 4) is 5.75 Å². The summed E-state index contributed by atoms with van der Waals surface area (Å²) < 4.78 is 10.4. The van der Waals surface area contributed by atoms with Gasteiger partial charge in [-0.1, -0.05) is 11.6 Å². The van der Waals surface area contributed by atoms with Gasteiger partial charge >= 0.3 is 5.97 Å². The lowest BCUT2D eigenvalue weighted by Gasteiger charge is -2.21. The summed E-state index contributed by atoms with van der Waals surface area (Å²) in [5.41, 5.74) is 2.71. The van der Waals surface area contributed by atoms with Crippen LogP contribution in [0.25, 0.3) is 0 Å². The smallest absolute Gasteiger partial charge is 0.342 e. The molecule has 0 fully saturated rings. The number of carbonyl (C=O) groups excluding carboxylic acids is 1. The summed E-state index contributed by atoms with van der Waals surface area (Å²) in [5.74, 6) is 0.103. The highest BCUT2D eigenvalue weighted by atomic mass is 35.5. The van der Waals surface area contributed by atoms with Gasteiger partial charge in [-0.2, -0.15) is 0 Å². The lowest BCUT2D eigenvalue weighted by atomic mass is 9.87. The Labute approximate surface area is 112 Å². The minimum absolute atomic E-state index is 0.338. The van der Waals surface area contributed by atoms with Crippen molar-refractivity contribution in [3.63, 3.8) is 0 Å². The number of aryl methyl sites for hydroxylation is 1. The Morgan fingerprint density at radius 1 is 1.39 bits per heavy atom. The number of carbonyl (C=O) groups is 1. The standard InChI is InChI=1S/C14H17ClO3/c1-3-18-14(16)12-10-7-5-4-6-9(10)8-11(15)13(12)17-2/h8H,3-7H2,1-2H3. The van der Waals surface area contributed by atoms with Crippen LogP contribution in [0.4, 0.5) is 0 Å². The second-order valence-corrected chi connectivity index (χ2v) is 4.74. The fourth-order valence-corrected chi connectivity index (χ4v) is 2.77. The van der Waals surface area contributed by atoms with Crippen molar-refractivity contribution >= 4 is 17.6 Å². The molecule has 2 rings (SSSR count). The fraction of sp³-hybridized carbons (Fsp3) is 0.500. The van der Waals surface area contributed by atoms with Crippen LogP contribution in [-0.2, 0) is 17.6 Å². The van der Waals surface area contributed by atoms with Gasteiger partial charge in [0.25, 0.3) is 0 Å². The maximum absolute atomic E-state index is 12.1. The van der Waals surface area contributed by atoms with E-state index in [-0.39, 0.29) is 5.97 Å². The Morgan fingerprint density at radius 3 is 2.78 bits per heavy atom. The predicted molar refractivity (Wildman–Crippen MR) is 70.6 cm³/mol. The molecule has 0 saturated heterocycles. The summed E-state index contributed by atoms with van der Waals surface area (Å²) in [4.78, 5) is 12.1. The monoisotopic (exact) mass is 268 g/mol. The van der Waals surface area contributed by atoms with E-state index in [2.05, 4.69) is 0 Å². The molecule has 1 aliphatic rings. The molecule has 0 aliphatic heterocycles. The largest absolute Gasteiger partial charge is 0.494 e. The van der Waals surface area contributed by atoms with Crippen molar-refractivity contribution in [1.29, 1.82) is 0 Å². The molecule has 1 aliphatic carbocycles. The molecule has 0 radical (unpaired) electrons. The van der Waals surface area contributed by atoms with Crippen LogP contribution in [0, 0.1) is 0 Å². The summed E-state index contributed by atoms with van der Waals surface area (Å²) >= 11 is 6.18. The molecule has 18 heavy (non-hydrogen) atoms. The lowest BCUT2D eigenvalue weighted by molar-refractivity contribution is 0.0521. The molecular formula is C14H17ClO3. The molecule has 1 aromatic carbocycles. The van der Waals surface area contributed by atoms with E-state index in [0.29, 0.717) is 22.9 Å². The number of methoxy groups -OCH3 is 1. The molecule has 98 valence electrons. The molecular weight excluding hydrogens is 252 g/mol. The summed E-state index contributed by atoms with van der Waals surface area (Å²) in [6.45, 7) is 2.14. The van der Waals surface area contributed by atoms with Crippen molar-refractivity contribution in [2.24, 2.45) is 0 Å². The summed E-state index contributed by atoms with van der Waals surface area (Å²) in [6, 6.07) is 1.91. The third-order valence-electron chi connectivity index (χ3n) is 3.24. The zero-order valence-electron chi connectivity index (χ0n) is 10.7. The molecule has 0 amide bonds. The molecule has 4 heteroatoms. The van der Waals surface area contributed by atoms with Crippen LogP contribution in [0.1, 0.15) is 41.3 Å². The molecule has 0 N–H and O–H groups in total. The average molecular weight is 269 g/mol. The van der Waals surface area contributed by atoms with Crippen LogP contribution in [0.3, 0.4) is 0 Å². The van der Waals surface area contributed by atoms with E-state index >= 15 is 0 Å². The molecule has 0 atom stereocenters. The quantitative estimate of drug-likeness (QED) is 0.788. The van der Waals surface area contributed by atoms with Gasteiger partial charge in [-0.15, -0.1) is 0 Å². The van der Waals surface area contributed by atoms with E-state index in [9.17, 15) is 4.79 Å². The van der Waals surface area contributed by atoms with E-state index in [1.807, 2.05) is 6.07 Å². The van der Waals surface area contributed by atoms with Gasteiger partial charge in [0.05, 0.1) is 18.7 Å². The highest BCUT2D eigenvalue weighted by Gasteiger charge is 2.25. The van der Waals surface area contributed by atoms with Gasteiger partial charge in [0.1, 0.15) is 5.56 Å². The summed E-state index contributed by atoms with van der Waals surface area (Å²) in [5, 5.41) is 0.487. The Kier molecular flexibility index (Phi) is 4.12. The van der Waals surface area contributed by atoms with Gasteiger partial charge in [0.2, 0.25) is 0 Å². The van der Waals surface area contributed by atoms with E-state index < -0.39 is 0 Å². The van der Waals surface area contributed by atoms with Crippen molar-refractivity contribution in [3.05, 3.63) is 27.8 Å². The average Bonchev–Trinajstić information content (AvgIpc) is 2.37. The van der Waals surface area contributed by atoms with Crippen LogP contribution in [0.5, 0.6) is 5.75 Å². The van der Waals surface area contributed by atoms with E-state index in [1.54, 1.807) is 6.92 Å². The Bertz CT molecular complexity index is 469. The minimum Gasteiger partial charge on any atom is -0.494 e. The molecule has 0 saturated carbocycles. The molecule has 0 aromatic heterocycles. The number of fused-ring (bicyclic) bond motifs is 1. The maximum Gasteiger partial charge on any atom is 0.342 e. The first-order chi connectivity index (χ1) is 8.69. The zero-order chi connectivity index (χ0) is 13.1. The van der Waals surface area contributed by atoms with Crippen molar-refractivity contribution < 1.29 is 14.3 Å². The zero-order valence-corrected chi connectivity index (χ0v) is 11.5. The van der Waals surface area contributed by atoms with Gasteiger partial charge in [0.15, 0.2) is 5.75 Å². The van der Waals surface area contributed by atoms with Gasteiger partial charge in [-0.3, -0.25) is 0 Å². The molecule has 0 spiro atoms. The number of hydrogen-bond acceptors (Lipinski definition) is 3. The first-order valence-corrected chi connectivity index (χ1v) is 6.62. The minimum atomic E-state index is -0.338. The van der Waals surface area contributed by atoms with Crippen LogP contribution in [0.2, 0.25) is 5.02 Å². The Hall–Kier alpha value is -1.22. The summed E-state index contributed by atoms with van der Waals surface area (Å²) in [7, 11) is 1.53. The van der Waals surface area contributed by atoms with Gasteiger partial charge < -0.3 is 9.47 Å². The number of esters is 1. The van der Waals surface area contributed by atoms with Crippen molar-refractivity contribution in [2.45, 2.75) is 32.6 Å². The first-order valence-electron chi connectivity index (χ1n) is 6.24. The highest BCUT2D eigenvalue weighted by Crippen LogP contribution is 2.37. The van der Waals surface area contributed by atoms with Crippen LogP contribution in [0.15, 0.2) is 6.07 Å². The number of ether oxygens (including phenoxy) is 2. The van der Waals surface area contributed by atoms with Gasteiger partial charge in [-0.05, 0) is 49.8 Å². The molecule has 0 unspecified atom stereocenters. The molecule has 1 aromatic rings. The SMILES string of the molecule is CCOC(=O)c1c2c(cc(Cl)c1OC)CCCC2. The Morgan fingerprint density at radius 2 is 2.11 bits per heavy atom. The number of benzene rings is 1. The fourth-order valence-electron chi connectivity index (χ4n) is 2.47. The lowest BCUT2D eigenvalue weighted by Crippen LogP contribution is -2.15. The number of halogens is 1. The molecule has 3 nitrogen and oxygen atoms in total. The van der Waals surface area contributed by atoms with Gasteiger partial charge in [-0.25, -0.2) is 4.79 Å². The number of hydrogen-bond donors (Lipinski definition) is 0. The first kappa shape index (κ1) is 13.2. The van der Waals surface area contributed by atoms with Crippen molar-refractivity contribution in [1.82, 2.24) is 0 Å². The van der Waals surface area contributed by atoms with Crippen LogP contribution < -0.4 is 4.74 Å². The van der Waals surface area contributed by atoms with E-state index in [1.165, 1.54) is 7.11 Å². The van der Waals surface area contributed by atoms with E-state index in [4.69, 9.17) is 21.1 Å². The third kappa shape index (κ3) is 2.32. The van der Waals surface area contributed by atoms with Gasteiger partial charge in [0, 0.05) is 0 Å². The molecule has 0 bridgehead atoms. The third-order valence-corrected chi connectivity index (χ3v) is 3.52. The predicted octanol–water partition coefficient (Wildman–Crippen LogP) is 3.40. The summed E-state index contributed by atoms with van der Waals surface area (Å²) in [6.07, 6.45) is 4.07. The van der Waals surface area contributed by atoms with E-state index in [0.717, 1.165) is 36.8 Å².